The average molecular weight is 334 g/mol. The van der Waals surface area contributed by atoms with E-state index in [2.05, 4.69) is 6.07 Å². The Morgan fingerprint density at radius 3 is 2.60 bits per heavy atom. The van der Waals surface area contributed by atoms with Crippen molar-refractivity contribution in [3.63, 3.8) is 0 Å². The van der Waals surface area contributed by atoms with Crippen LogP contribution >= 0.6 is 0 Å². The van der Waals surface area contributed by atoms with E-state index in [-0.39, 0.29) is 11.3 Å². The Hall–Kier alpha value is -2.93. The van der Waals surface area contributed by atoms with Gasteiger partial charge in [-0.05, 0) is 42.7 Å². The fourth-order valence-electron chi connectivity index (χ4n) is 3.38. The Balaban J connectivity index is 2.30. The van der Waals surface area contributed by atoms with Gasteiger partial charge in [-0.3, -0.25) is 4.79 Å². The second kappa shape index (κ2) is 6.52. The van der Waals surface area contributed by atoms with Crippen molar-refractivity contribution < 1.29 is 4.39 Å². The number of hydrogen-bond acceptors (Lipinski definition) is 2. The van der Waals surface area contributed by atoms with E-state index >= 15 is 0 Å². The smallest absolute Gasteiger partial charge is 0.193 e. The summed E-state index contributed by atoms with van der Waals surface area (Å²) in [4.78, 5) is 12.8. The number of rotatable bonds is 3. The van der Waals surface area contributed by atoms with Crippen LogP contribution in [0.4, 0.5) is 4.39 Å². The third-order valence-corrected chi connectivity index (χ3v) is 4.58. The summed E-state index contributed by atoms with van der Waals surface area (Å²) in [6, 6.07) is 13.8. The predicted octanol–water partition coefficient (Wildman–Crippen LogP) is 4.49. The molecule has 126 valence electrons. The Bertz CT molecular complexity index is 1060. The fraction of sp³-hybridized carbons (Fsp3) is 0.238. The van der Waals surface area contributed by atoms with E-state index in [1.165, 1.54) is 12.1 Å². The molecule has 0 fully saturated rings. The quantitative estimate of drug-likeness (QED) is 0.708. The lowest BCUT2D eigenvalue weighted by Gasteiger charge is -2.20. The SMILES string of the molecule is Cc1c(C(C)C)c(=O)c2ccccc2n1Cc1ccc(F)cc1C#N. The van der Waals surface area contributed by atoms with Gasteiger partial charge in [-0.25, -0.2) is 4.39 Å². The van der Waals surface area contributed by atoms with Gasteiger partial charge in [-0.1, -0.05) is 32.0 Å². The molecular weight excluding hydrogens is 315 g/mol. The van der Waals surface area contributed by atoms with Gasteiger partial charge in [0.15, 0.2) is 5.43 Å². The molecular formula is C21H19FN2O. The first-order chi connectivity index (χ1) is 11.9. The highest BCUT2D eigenvalue weighted by Gasteiger charge is 2.17. The molecule has 1 heterocycles. The van der Waals surface area contributed by atoms with Gasteiger partial charge in [0.2, 0.25) is 0 Å². The molecule has 0 aliphatic carbocycles. The van der Waals surface area contributed by atoms with Gasteiger partial charge in [0.05, 0.1) is 17.1 Å². The molecule has 0 spiro atoms. The zero-order valence-corrected chi connectivity index (χ0v) is 14.5. The van der Waals surface area contributed by atoms with E-state index in [9.17, 15) is 14.4 Å². The molecule has 0 aliphatic heterocycles. The molecule has 25 heavy (non-hydrogen) atoms. The molecule has 0 aliphatic rings. The third-order valence-electron chi connectivity index (χ3n) is 4.58. The highest BCUT2D eigenvalue weighted by Crippen LogP contribution is 2.23. The molecule has 3 nitrogen and oxygen atoms in total. The Kier molecular flexibility index (Phi) is 4.41. The van der Waals surface area contributed by atoms with Gasteiger partial charge in [-0.2, -0.15) is 5.26 Å². The van der Waals surface area contributed by atoms with Crippen molar-refractivity contribution in [2.75, 3.05) is 0 Å². The van der Waals surface area contributed by atoms with Crippen LogP contribution in [0, 0.1) is 24.1 Å². The number of benzene rings is 2. The average Bonchev–Trinajstić information content (AvgIpc) is 2.59. The van der Waals surface area contributed by atoms with Crippen LogP contribution in [0.5, 0.6) is 0 Å². The molecule has 0 saturated carbocycles. The molecule has 0 unspecified atom stereocenters. The normalized spacial score (nSPS) is 11.0. The summed E-state index contributed by atoms with van der Waals surface area (Å²) in [7, 11) is 0. The Labute approximate surface area is 146 Å². The molecule has 0 radical (unpaired) electrons. The standard InChI is InChI=1S/C21H19FN2O/c1-13(2)20-14(3)24(19-7-5-4-6-18(19)21(20)25)12-15-8-9-17(22)10-16(15)11-23/h4-10,13H,12H2,1-3H3. The lowest BCUT2D eigenvalue weighted by molar-refractivity contribution is 0.625. The number of fused-ring (bicyclic) bond motifs is 1. The van der Waals surface area contributed by atoms with Crippen LogP contribution in [0.1, 0.15) is 42.1 Å². The van der Waals surface area contributed by atoms with Gasteiger partial charge in [-0.15, -0.1) is 0 Å². The zero-order chi connectivity index (χ0) is 18.1. The largest absolute Gasteiger partial charge is 0.340 e. The van der Waals surface area contributed by atoms with Gasteiger partial charge < -0.3 is 4.57 Å². The number of hydrogen-bond donors (Lipinski definition) is 0. The van der Waals surface area contributed by atoms with Gasteiger partial charge in [0, 0.05) is 23.2 Å². The molecule has 2 aromatic carbocycles. The van der Waals surface area contributed by atoms with E-state index in [0.29, 0.717) is 17.5 Å². The number of halogens is 1. The molecule has 0 amide bonds. The van der Waals surface area contributed by atoms with Crippen molar-refractivity contribution >= 4 is 10.9 Å². The first-order valence-electron chi connectivity index (χ1n) is 8.24. The van der Waals surface area contributed by atoms with E-state index in [1.807, 2.05) is 49.6 Å². The monoisotopic (exact) mass is 334 g/mol. The lowest BCUT2D eigenvalue weighted by Crippen LogP contribution is -2.20. The minimum absolute atomic E-state index is 0.0546. The van der Waals surface area contributed by atoms with Crippen molar-refractivity contribution in [2.45, 2.75) is 33.2 Å². The van der Waals surface area contributed by atoms with Crippen LogP contribution in [0.25, 0.3) is 10.9 Å². The van der Waals surface area contributed by atoms with E-state index in [0.717, 1.165) is 22.3 Å². The van der Waals surface area contributed by atoms with E-state index in [1.54, 1.807) is 6.07 Å². The van der Waals surface area contributed by atoms with Crippen molar-refractivity contribution in [2.24, 2.45) is 0 Å². The molecule has 0 N–H and O–H groups in total. The summed E-state index contributed by atoms with van der Waals surface area (Å²) in [5, 5.41) is 9.98. The topological polar surface area (TPSA) is 45.8 Å². The molecule has 3 aromatic rings. The van der Waals surface area contributed by atoms with Gasteiger partial charge in [0.1, 0.15) is 5.82 Å². The van der Waals surface area contributed by atoms with Crippen molar-refractivity contribution in [1.82, 2.24) is 4.57 Å². The molecule has 0 saturated heterocycles. The molecule has 0 bridgehead atoms. The zero-order valence-electron chi connectivity index (χ0n) is 14.5. The van der Waals surface area contributed by atoms with Crippen LogP contribution < -0.4 is 5.43 Å². The number of para-hydroxylation sites is 1. The van der Waals surface area contributed by atoms with Crippen LogP contribution in [0.2, 0.25) is 0 Å². The molecule has 1 aromatic heterocycles. The highest BCUT2D eigenvalue weighted by molar-refractivity contribution is 5.80. The third kappa shape index (κ3) is 2.94. The molecule has 4 heteroatoms. The highest BCUT2D eigenvalue weighted by atomic mass is 19.1. The summed E-state index contributed by atoms with van der Waals surface area (Å²) in [6.07, 6.45) is 0. The van der Waals surface area contributed by atoms with Crippen molar-refractivity contribution in [3.8, 4) is 6.07 Å². The van der Waals surface area contributed by atoms with E-state index in [4.69, 9.17) is 0 Å². The summed E-state index contributed by atoms with van der Waals surface area (Å²) in [5.74, 6) is -0.336. The molecule has 0 atom stereocenters. The van der Waals surface area contributed by atoms with Crippen molar-refractivity contribution in [1.29, 1.82) is 5.26 Å². The maximum absolute atomic E-state index is 13.4. The lowest BCUT2D eigenvalue weighted by atomic mass is 9.97. The minimum Gasteiger partial charge on any atom is -0.340 e. The predicted molar refractivity (Wildman–Crippen MR) is 97.3 cm³/mol. The van der Waals surface area contributed by atoms with E-state index < -0.39 is 5.82 Å². The van der Waals surface area contributed by atoms with Crippen LogP contribution in [-0.2, 0) is 6.54 Å². The first-order valence-corrected chi connectivity index (χ1v) is 8.24. The number of aromatic nitrogens is 1. The van der Waals surface area contributed by atoms with Crippen LogP contribution in [0.15, 0.2) is 47.3 Å². The maximum atomic E-state index is 13.4. The molecule has 3 rings (SSSR count). The summed E-state index contributed by atoms with van der Waals surface area (Å²) >= 11 is 0. The second-order valence-corrected chi connectivity index (χ2v) is 6.50. The Morgan fingerprint density at radius 2 is 1.92 bits per heavy atom. The number of nitriles is 1. The Morgan fingerprint density at radius 1 is 1.20 bits per heavy atom. The first kappa shape index (κ1) is 16.9. The van der Waals surface area contributed by atoms with Gasteiger partial charge in [0.25, 0.3) is 0 Å². The summed E-state index contributed by atoms with van der Waals surface area (Å²) < 4.78 is 15.5. The maximum Gasteiger partial charge on any atom is 0.193 e. The minimum atomic E-state index is -0.426. The second-order valence-electron chi connectivity index (χ2n) is 6.50. The van der Waals surface area contributed by atoms with Crippen molar-refractivity contribution in [3.05, 3.63) is 80.9 Å². The summed E-state index contributed by atoms with van der Waals surface area (Å²) in [5.41, 5.74) is 3.58. The summed E-state index contributed by atoms with van der Waals surface area (Å²) in [6.45, 7) is 6.34. The van der Waals surface area contributed by atoms with Crippen LogP contribution in [-0.4, -0.2) is 4.57 Å². The van der Waals surface area contributed by atoms with Crippen LogP contribution in [0.3, 0.4) is 0 Å². The number of pyridine rings is 1. The van der Waals surface area contributed by atoms with Gasteiger partial charge >= 0.3 is 0 Å². The number of nitrogens with zero attached hydrogens (tertiary/aromatic N) is 2. The fourth-order valence-corrected chi connectivity index (χ4v) is 3.38.